The summed E-state index contributed by atoms with van der Waals surface area (Å²) in [4.78, 5) is 12.8. The quantitative estimate of drug-likeness (QED) is 0.263. The van der Waals surface area contributed by atoms with Crippen LogP contribution >= 0.6 is 23.1 Å². The molecule has 4 bridgehead atoms. The first-order valence-electron chi connectivity index (χ1n) is 13.1. The van der Waals surface area contributed by atoms with Gasteiger partial charge in [-0.25, -0.2) is 8.42 Å². The van der Waals surface area contributed by atoms with Crippen LogP contribution < -0.4 is 9.62 Å². The van der Waals surface area contributed by atoms with Gasteiger partial charge in [0.05, 0.1) is 11.9 Å². The molecule has 0 radical (unpaired) electrons. The lowest BCUT2D eigenvalue weighted by Gasteiger charge is -2.57. The number of aromatic nitrogens is 2. The van der Waals surface area contributed by atoms with E-state index in [4.69, 9.17) is 0 Å². The van der Waals surface area contributed by atoms with Crippen LogP contribution in [0.4, 0.5) is 10.8 Å². The van der Waals surface area contributed by atoms with Gasteiger partial charge in [0.1, 0.15) is 6.54 Å². The number of thioether (sulfide) groups is 1. The minimum absolute atomic E-state index is 0.245. The highest BCUT2D eigenvalue weighted by Crippen LogP contribution is 2.60. The molecule has 200 valence electrons. The summed E-state index contributed by atoms with van der Waals surface area (Å²) in [6.07, 6.45) is 9.05. The maximum atomic E-state index is 12.8. The lowest BCUT2D eigenvalue weighted by Crippen LogP contribution is -2.48. The number of amides is 1. The number of anilines is 2. The molecule has 4 fully saturated rings. The molecule has 0 spiro atoms. The SMILES string of the molecule is CS(=O)(=O)N(CC(=O)Nc1nnc(SCc2ccccc2)s1)c1ccc(C23CC4CC(CC(C4)C2)C3)cc1. The maximum Gasteiger partial charge on any atom is 0.246 e. The second-order valence-electron chi connectivity index (χ2n) is 11.2. The number of carbonyl (C=O) groups excluding carboxylic acids is 1. The number of carbonyl (C=O) groups is 1. The van der Waals surface area contributed by atoms with Crippen LogP contribution in [0, 0.1) is 17.8 Å². The Bertz CT molecular complexity index is 1370. The smallest absolute Gasteiger partial charge is 0.246 e. The Balaban J connectivity index is 1.11. The fourth-order valence-corrected chi connectivity index (χ4v) is 9.75. The first-order valence-corrected chi connectivity index (χ1v) is 16.8. The summed E-state index contributed by atoms with van der Waals surface area (Å²) in [5.74, 6) is 2.83. The minimum atomic E-state index is -3.66. The van der Waals surface area contributed by atoms with Gasteiger partial charge in [0.25, 0.3) is 0 Å². The number of sulfonamides is 1. The summed E-state index contributed by atoms with van der Waals surface area (Å²) in [5, 5.41) is 11.3. The van der Waals surface area contributed by atoms with Gasteiger partial charge in [-0.05, 0) is 85.0 Å². The van der Waals surface area contributed by atoms with Gasteiger partial charge >= 0.3 is 0 Å². The van der Waals surface area contributed by atoms with E-state index in [0.717, 1.165) is 38.4 Å². The molecule has 7 nitrogen and oxygen atoms in total. The molecule has 0 aliphatic heterocycles. The molecule has 10 heteroatoms. The molecule has 1 N–H and O–H groups in total. The van der Waals surface area contributed by atoms with E-state index in [1.165, 1.54) is 61.0 Å². The van der Waals surface area contributed by atoms with Gasteiger partial charge in [-0.15, -0.1) is 10.2 Å². The number of hydrogen-bond acceptors (Lipinski definition) is 7. The molecule has 1 heterocycles. The fraction of sp³-hybridized carbons (Fsp3) is 0.464. The summed E-state index contributed by atoms with van der Waals surface area (Å²) >= 11 is 2.83. The van der Waals surface area contributed by atoms with Crippen molar-refractivity contribution in [2.45, 2.75) is 54.0 Å². The van der Waals surface area contributed by atoms with Crippen molar-refractivity contribution in [2.24, 2.45) is 17.8 Å². The van der Waals surface area contributed by atoms with Crippen molar-refractivity contribution >= 4 is 49.8 Å². The van der Waals surface area contributed by atoms with Gasteiger partial charge < -0.3 is 0 Å². The number of rotatable bonds is 9. The van der Waals surface area contributed by atoms with Crippen molar-refractivity contribution < 1.29 is 13.2 Å². The van der Waals surface area contributed by atoms with Gasteiger partial charge in [0.15, 0.2) is 4.34 Å². The number of hydrogen-bond donors (Lipinski definition) is 1. The lowest BCUT2D eigenvalue weighted by molar-refractivity contribution is -0.114. The van der Waals surface area contributed by atoms with Crippen LogP contribution in [0.5, 0.6) is 0 Å². The maximum absolute atomic E-state index is 12.8. The highest BCUT2D eigenvalue weighted by atomic mass is 32.2. The van der Waals surface area contributed by atoms with E-state index in [1.54, 1.807) is 11.8 Å². The van der Waals surface area contributed by atoms with Crippen LogP contribution in [0.15, 0.2) is 58.9 Å². The zero-order valence-electron chi connectivity index (χ0n) is 21.4. The predicted octanol–water partition coefficient (Wildman–Crippen LogP) is 5.70. The molecule has 4 saturated carbocycles. The topological polar surface area (TPSA) is 92.3 Å². The highest BCUT2D eigenvalue weighted by molar-refractivity contribution is 8.00. The van der Waals surface area contributed by atoms with Crippen LogP contribution in [-0.2, 0) is 26.0 Å². The van der Waals surface area contributed by atoms with Gasteiger partial charge in [-0.2, -0.15) is 0 Å². The number of benzene rings is 2. The van der Waals surface area contributed by atoms with Crippen LogP contribution in [-0.4, -0.2) is 37.3 Å². The van der Waals surface area contributed by atoms with Gasteiger partial charge in [0, 0.05) is 5.75 Å². The Morgan fingerprint density at radius 3 is 2.24 bits per heavy atom. The summed E-state index contributed by atoms with van der Waals surface area (Å²) in [6, 6.07) is 18.0. The monoisotopic (exact) mass is 568 g/mol. The zero-order valence-corrected chi connectivity index (χ0v) is 23.8. The Morgan fingerprint density at radius 1 is 1.00 bits per heavy atom. The second-order valence-corrected chi connectivity index (χ2v) is 15.3. The molecular weight excluding hydrogens is 537 g/mol. The highest BCUT2D eigenvalue weighted by Gasteiger charge is 2.51. The van der Waals surface area contributed by atoms with E-state index in [-0.39, 0.29) is 12.0 Å². The van der Waals surface area contributed by atoms with E-state index in [9.17, 15) is 13.2 Å². The molecule has 0 saturated heterocycles. The van der Waals surface area contributed by atoms with Crippen molar-refractivity contribution in [3.63, 3.8) is 0 Å². The van der Waals surface area contributed by atoms with Crippen molar-refractivity contribution in [3.05, 3.63) is 65.7 Å². The molecular formula is C28H32N4O3S3. The van der Waals surface area contributed by atoms with Crippen molar-refractivity contribution in [3.8, 4) is 0 Å². The molecule has 3 aromatic rings. The molecule has 4 aliphatic rings. The van der Waals surface area contributed by atoms with Gasteiger partial charge in [-0.1, -0.05) is 65.6 Å². The first-order chi connectivity index (χ1) is 18.3. The summed E-state index contributed by atoms with van der Waals surface area (Å²) in [6.45, 7) is -0.318. The van der Waals surface area contributed by atoms with Crippen molar-refractivity contribution in [1.29, 1.82) is 0 Å². The van der Waals surface area contributed by atoms with E-state index in [0.29, 0.717) is 10.8 Å². The summed E-state index contributed by atoms with van der Waals surface area (Å²) < 4.78 is 27.2. The van der Waals surface area contributed by atoms with E-state index < -0.39 is 15.9 Å². The molecule has 1 aromatic heterocycles. The molecule has 0 unspecified atom stereocenters. The van der Waals surface area contributed by atoms with E-state index in [2.05, 4.69) is 27.6 Å². The Morgan fingerprint density at radius 2 is 1.63 bits per heavy atom. The molecule has 2 aromatic carbocycles. The van der Waals surface area contributed by atoms with Gasteiger partial charge in [-0.3, -0.25) is 14.4 Å². The standard InChI is InChI=1S/C28H32N4O3S3/c1-38(34,35)32(17-25(33)29-26-30-31-27(37-26)36-18-19-5-3-2-4-6-19)24-9-7-23(8-10-24)28-14-20-11-21(15-28)13-22(12-20)16-28/h2-10,20-22H,11-18H2,1H3,(H,29,30,33). The number of nitrogens with one attached hydrogen (secondary N) is 1. The van der Waals surface area contributed by atoms with Crippen molar-refractivity contribution in [1.82, 2.24) is 10.2 Å². The van der Waals surface area contributed by atoms with E-state index >= 15 is 0 Å². The third-order valence-electron chi connectivity index (χ3n) is 8.35. The lowest BCUT2D eigenvalue weighted by atomic mass is 9.48. The van der Waals surface area contributed by atoms with Crippen LogP contribution in [0.3, 0.4) is 0 Å². The summed E-state index contributed by atoms with van der Waals surface area (Å²) in [7, 11) is -3.66. The number of nitrogens with zero attached hydrogens (tertiary/aromatic N) is 3. The largest absolute Gasteiger partial charge is 0.299 e. The minimum Gasteiger partial charge on any atom is -0.299 e. The third-order valence-corrected chi connectivity index (χ3v) is 11.5. The van der Waals surface area contributed by atoms with Crippen LogP contribution in [0.1, 0.15) is 49.7 Å². The van der Waals surface area contributed by atoms with Crippen LogP contribution in [0.2, 0.25) is 0 Å². The fourth-order valence-electron chi connectivity index (χ4n) is 7.17. The van der Waals surface area contributed by atoms with E-state index in [1.807, 2.05) is 42.5 Å². The zero-order chi connectivity index (χ0) is 26.3. The summed E-state index contributed by atoms with van der Waals surface area (Å²) in [5.41, 5.74) is 3.26. The predicted molar refractivity (Wildman–Crippen MR) is 153 cm³/mol. The average molecular weight is 569 g/mol. The Labute approximate surface area is 232 Å². The Kier molecular flexibility index (Phi) is 6.98. The Hall–Kier alpha value is -2.43. The first kappa shape index (κ1) is 25.8. The third kappa shape index (κ3) is 5.49. The normalized spacial score (nSPS) is 25.9. The second kappa shape index (κ2) is 10.3. The molecule has 0 atom stereocenters. The molecule has 7 rings (SSSR count). The van der Waals surface area contributed by atoms with Gasteiger partial charge in [0.2, 0.25) is 21.1 Å². The molecule has 4 aliphatic carbocycles. The average Bonchev–Trinajstić information content (AvgIpc) is 3.32. The molecule has 38 heavy (non-hydrogen) atoms. The van der Waals surface area contributed by atoms with Crippen LogP contribution in [0.25, 0.3) is 0 Å². The molecule has 1 amide bonds. The van der Waals surface area contributed by atoms with Crippen molar-refractivity contribution in [2.75, 3.05) is 22.4 Å².